The first-order valence-electron chi connectivity index (χ1n) is 11.6. The molecule has 0 saturated heterocycles. The molecule has 36 heavy (non-hydrogen) atoms. The molecular weight excluding hydrogens is 480 g/mol. The van der Waals surface area contributed by atoms with Gasteiger partial charge in [0.15, 0.2) is 0 Å². The van der Waals surface area contributed by atoms with Gasteiger partial charge in [-0.05, 0) is 44.4 Å². The van der Waals surface area contributed by atoms with Crippen molar-refractivity contribution < 1.29 is 19.1 Å². The zero-order valence-corrected chi connectivity index (χ0v) is 20.9. The number of carbonyl (C=O) groups is 3. The molecule has 0 aromatic carbocycles. The van der Waals surface area contributed by atoms with E-state index in [9.17, 15) is 14.4 Å². The second kappa shape index (κ2) is 11.3. The van der Waals surface area contributed by atoms with Gasteiger partial charge in [-0.3, -0.25) is 19.5 Å². The maximum atomic E-state index is 13.3. The number of rotatable bonds is 9. The molecule has 1 saturated carbocycles. The second-order valence-corrected chi connectivity index (χ2v) is 9.23. The van der Waals surface area contributed by atoms with Gasteiger partial charge < -0.3 is 20.7 Å². The number of thiophene rings is 1. The molecule has 2 atom stereocenters. The largest absolute Gasteiger partial charge is 0.381 e. The number of aliphatic imine (C=N–C) groups is 1. The molecule has 11 heteroatoms. The van der Waals surface area contributed by atoms with E-state index < -0.39 is 6.03 Å². The fraction of sp³-hybridized carbons (Fsp3) is 0.320. The number of pyridine rings is 1. The highest BCUT2D eigenvalue weighted by atomic mass is 32.1. The van der Waals surface area contributed by atoms with Gasteiger partial charge in [-0.15, -0.1) is 11.3 Å². The van der Waals surface area contributed by atoms with Crippen LogP contribution in [0.25, 0.3) is 10.2 Å². The van der Waals surface area contributed by atoms with Crippen LogP contribution in [0.2, 0.25) is 0 Å². The summed E-state index contributed by atoms with van der Waals surface area (Å²) in [6, 6.07) is 0.938. The molecule has 1 aliphatic carbocycles. The van der Waals surface area contributed by atoms with Gasteiger partial charge in [-0.2, -0.15) is 0 Å². The van der Waals surface area contributed by atoms with Gasteiger partial charge in [0.2, 0.25) is 5.91 Å². The Hall–Kier alpha value is -3.83. The van der Waals surface area contributed by atoms with E-state index in [4.69, 9.17) is 4.74 Å². The van der Waals surface area contributed by atoms with Gasteiger partial charge in [-0.25, -0.2) is 9.78 Å². The van der Waals surface area contributed by atoms with Crippen LogP contribution in [0.4, 0.5) is 16.2 Å². The number of nitrogens with one attached hydrogen (secondary N) is 3. The summed E-state index contributed by atoms with van der Waals surface area (Å²) in [6.45, 7) is 5.65. The lowest BCUT2D eigenvalue weighted by Gasteiger charge is -2.29. The number of carbonyl (C=O) groups excluding carboxylic acids is 3. The first kappa shape index (κ1) is 25.3. The first-order valence-corrected chi connectivity index (χ1v) is 12.4. The Labute approximate surface area is 212 Å². The van der Waals surface area contributed by atoms with Crippen molar-refractivity contribution in [1.82, 2.24) is 15.6 Å². The quantitative estimate of drug-likeness (QED) is 0.270. The van der Waals surface area contributed by atoms with Gasteiger partial charge in [0.05, 0.1) is 35.3 Å². The van der Waals surface area contributed by atoms with E-state index in [-0.39, 0.29) is 23.9 Å². The van der Waals surface area contributed by atoms with Crippen molar-refractivity contribution >= 4 is 57.0 Å². The summed E-state index contributed by atoms with van der Waals surface area (Å²) in [4.78, 5) is 49.6. The molecule has 4 amide bonds. The van der Waals surface area contributed by atoms with Crippen LogP contribution in [0.15, 0.2) is 54.0 Å². The SMILES string of the molecule is C=CC(=O)NC1CCCC1NC(=O)c1sc2nccc3c2c1NC(=O)N3C(/C=C\COC)=C/N=C\C. The molecule has 1 fully saturated rings. The number of hydrogen-bond donors (Lipinski definition) is 3. The summed E-state index contributed by atoms with van der Waals surface area (Å²) in [7, 11) is 1.59. The van der Waals surface area contributed by atoms with Crippen LogP contribution in [0.3, 0.4) is 0 Å². The Balaban J connectivity index is 1.68. The molecular formula is C25H28N6O4S. The third kappa shape index (κ3) is 5.07. The Morgan fingerprint density at radius 3 is 2.86 bits per heavy atom. The van der Waals surface area contributed by atoms with E-state index in [1.54, 1.807) is 50.9 Å². The van der Waals surface area contributed by atoms with Gasteiger partial charge in [0, 0.05) is 31.6 Å². The molecule has 0 bridgehead atoms. The van der Waals surface area contributed by atoms with E-state index >= 15 is 0 Å². The maximum absolute atomic E-state index is 13.3. The highest BCUT2D eigenvalue weighted by molar-refractivity contribution is 7.21. The molecule has 4 rings (SSSR count). The van der Waals surface area contributed by atoms with Crippen LogP contribution >= 0.6 is 11.3 Å². The van der Waals surface area contributed by atoms with Crippen molar-refractivity contribution in [2.45, 2.75) is 38.3 Å². The van der Waals surface area contributed by atoms with Gasteiger partial charge in [-0.1, -0.05) is 12.7 Å². The average Bonchev–Trinajstić information content (AvgIpc) is 3.46. The van der Waals surface area contributed by atoms with Crippen molar-refractivity contribution in [3.05, 3.63) is 53.8 Å². The fourth-order valence-electron chi connectivity index (χ4n) is 4.37. The van der Waals surface area contributed by atoms with Crippen molar-refractivity contribution in [2.24, 2.45) is 4.99 Å². The highest BCUT2D eigenvalue weighted by Crippen LogP contribution is 2.44. The number of aromatic nitrogens is 1. The van der Waals surface area contributed by atoms with Crippen LogP contribution in [-0.4, -0.2) is 54.8 Å². The molecule has 188 valence electrons. The minimum Gasteiger partial charge on any atom is -0.381 e. The van der Waals surface area contributed by atoms with Crippen molar-refractivity contribution in [3.8, 4) is 0 Å². The van der Waals surface area contributed by atoms with Gasteiger partial charge >= 0.3 is 6.03 Å². The van der Waals surface area contributed by atoms with Crippen LogP contribution in [0, 0.1) is 0 Å². The molecule has 2 unspecified atom stereocenters. The number of urea groups is 1. The summed E-state index contributed by atoms with van der Waals surface area (Å²) in [5.74, 6) is -0.584. The number of anilines is 2. The molecule has 10 nitrogen and oxygen atoms in total. The molecule has 2 aromatic heterocycles. The minimum atomic E-state index is -0.418. The minimum absolute atomic E-state index is 0.172. The predicted octanol–water partition coefficient (Wildman–Crippen LogP) is 3.74. The summed E-state index contributed by atoms with van der Waals surface area (Å²) >= 11 is 1.21. The predicted molar refractivity (Wildman–Crippen MR) is 142 cm³/mol. The van der Waals surface area contributed by atoms with Crippen molar-refractivity contribution in [2.75, 3.05) is 23.9 Å². The Kier molecular flexibility index (Phi) is 7.91. The number of hydrogen-bond acceptors (Lipinski definition) is 7. The first-order chi connectivity index (χ1) is 17.5. The lowest BCUT2D eigenvalue weighted by molar-refractivity contribution is -0.117. The Morgan fingerprint density at radius 1 is 1.36 bits per heavy atom. The average molecular weight is 509 g/mol. The topological polar surface area (TPSA) is 125 Å². The van der Waals surface area contributed by atoms with Crippen LogP contribution < -0.4 is 20.9 Å². The standard InChI is InChI=1S/C25H28N6O4S/c1-4-19(32)28-16-9-6-10-17(16)29-23(33)22-21-20-18(11-12-27-24(20)36-22)31(25(34)30-21)15(14-26-5-2)8-7-13-35-3/h4-5,7-8,11-12,14,16-17H,1,6,9-10,13H2,2-3H3,(H,28,32)(H,29,33)(H,30,34)/b8-7-,15-14+,26-5-. The van der Waals surface area contributed by atoms with E-state index in [1.165, 1.54) is 22.3 Å². The normalized spacial score (nSPS) is 19.8. The smallest absolute Gasteiger partial charge is 0.331 e. The van der Waals surface area contributed by atoms with Gasteiger partial charge in [0.25, 0.3) is 5.91 Å². The third-order valence-corrected chi connectivity index (χ3v) is 7.06. The maximum Gasteiger partial charge on any atom is 0.331 e. The number of ether oxygens (including phenoxy) is 1. The fourth-order valence-corrected chi connectivity index (χ4v) is 5.40. The Bertz CT molecular complexity index is 1280. The monoisotopic (exact) mass is 508 g/mol. The summed E-state index contributed by atoms with van der Waals surface area (Å²) in [5.41, 5.74) is 1.57. The number of nitrogens with zero attached hydrogens (tertiary/aromatic N) is 3. The van der Waals surface area contributed by atoms with Gasteiger partial charge in [0.1, 0.15) is 9.71 Å². The molecule has 2 aliphatic rings. The van der Waals surface area contributed by atoms with Crippen molar-refractivity contribution in [1.29, 1.82) is 0 Å². The van der Waals surface area contributed by atoms with Crippen molar-refractivity contribution in [3.63, 3.8) is 0 Å². The van der Waals surface area contributed by atoms with E-state index in [2.05, 4.69) is 32.5 Å². The zero-order chi connectivity index (χ0) is 25.7. The zero-order valence-electron chi connectivity index (χ0n) is 20.1. The molecule has 1 aliphatic heterocycles. The number of allylic oxidation sites excluding steroid dienone is 1. The molecule has 3 N–H and O–H groups in total. The molecule has 2 aromatic rings. The van der Waals surface area contributed by atoms with E-state index in [0.29, 0.717) is 38.8 Å². The molecule has 0 radical (unpaired) electrons. The van der Waals surface area contributed by atoms with Crippen LogP contribution in [-0.2, 0) is 9.53 Å². The Morgan fingerprint density at radius 2 is 2.14 bits per heavy atom. The summed E-state index contributed by atoms with van der Waals surface area (Å²) in [5, 5.41) is 9.49. The third-order valence-electron chi connectivity index (χ3n) is 5.96. The number of amides is 4. The highest BCUT2D eigenvalue weighted by Gasteiger charge is 2.35. The van der Waals surface area contributed by atoms with Crippen LogP contribution in [0.5, 0.6) is 0 Å². The second-order valence-electron chi connectivity index (χ2n) is 8.23. The van der Waals surface area contributed by atoms with Crippen LogP contribution in [0.1, 0.15) is 35.9 Å². The molecule has 3 heterocycles. The number of methoxy groups -OCH3 is 1. The summed E-state index contributed by atoms with van der Waals surface area (Å²) in [6.07, 6.45) is 12.0. The molecule has 0 spiro atoms. The summed E-state index contributed by atoms with van der Waals surface area (Å²) < 4.78 is 5.09. The lowest BCUT2D eigenvalue weighted by Crippen LogP contribution is -2.48. The lowest BCUT2D eigenvalue weighted by atomic mass is 10.1. The van der Waals surface area contributed by atoms with E-state index in [1.807, 2.05) is 0 Å². The van der Waals surface area contributed by atoms with E-state index in [0.717, 1.165) is 19.3 Å².